The third-order valence-electron chi connectivity index (χ3n) is 3.41. The van der Waals surface area contributed by atoms with Gasteiger partial charge in [0.2, 0.25) is 0 Å². The van der Waals surface area contributed by atoms with E-state index >= 15 is 0 Å². The zero-order valence-electron chi connectivity index (χ0n) is 12.6. The molecule has 3 heteroatoms. The van der Waals surface area contributed by atoms with E-state index in [1.54, 1.807) is 0 Å². The van der Waals surface area contributed by atoms with Crippen molar-refractivity contribution in [1.29, 1.82) is 0 Å². The zero-order valence-corrected chi connectivity index (χ0v) is 12.6. The lowest BCUT2D eigenvalue weighted by atomic mass is 9.97. The summed E-state index contributed by atoms with van der Waals surface area (Å²) in [6.07, 6.45) is 1.83. The number of aliphatic hydroxyl groups excluding tert-OH is 1. The highest BCUT2D eigenvalue weighted by atomic mass is 16.5. The largest absolute Gasteiger partial charge is 0.493 e. The monoisotopic (exact) mass is 265 g/mol. The van der Waals surface area contributed by atoms with Gasteiger partial charge in [-0.3, -0.25) is 0 Å². The van der Waals surface area contributed by atoms with E-state index in [2.05, 4.69) is 38.2 Å². The number of hydrogen-bond acceptors (Lipinski definition) is 3. The van der Waals surface area contributed by atoms with Crippen LogP contribution in [0.5, 0.6) is 5.75 Å². The Morgan fingerprint density at radius 2 is 2.05 bits per heavy atom. The van der Waals surface area contributed by atoms with Crippen molar-refractivity contribution >= 4 is 0 Å². The van der Waals surface area contributed by atoms with E-state index in [0.29, 0.717) is 6.61 Å². The molecule has 0 fully saturated rings. The van der Waals surface area contributed by atoms with Gasteiger partial charge in [0.15, 0.2) is 0 Å². The first-order chi connectivity index (χ1) is 9.00. The van der Waals surface area contributed by atoms with Crippen LogP contribution < -0.4 is 10.1 Å². The molecule has 0 radical (unpaired) electrons. The minimum Gasteiger partial charge on any atom is -0.493 e. The second-order valence-electron chi connectivity index (χ2n) is 5.47. The van der Waals surface area contributed by atoms with Gasteiger partial charge in [0.05, 0.1) is 13.2 Å². The van der Waals surface area contributed by atoms with E-state index in [-0.39, 0.29) is 12.1 Å². The average Bonchev–Trinajstić information content (AvgIpc) is 2.37. The first kappa shape index (κ1) is 16.0. The molecular weight excluding hydrogens is 238 g/mol. The minimum atomic E-state index is -0.194. The van der Waals surface area contributed by atoms with Crippen molar-refractivity contribution in [1.82, 2.24) is 5.32 Å². The first-order valence-electron chi connectivity index (χ1n) is 7.06. The van der Waals surface area contributed by atoms with E-state index in [9.17, 15) is 5.11 Å². The molecule has 3 nitrogen and oxygen atoms in total. The Kier molecular flexibility index (Phi) is 6.32. The number of aliphatic hydroxyl groups is 1. The molecule has 19 heavy (non-hydrogen) atoms. The van der Waals surface area contributed by atoms with E-state index in [0.717, 1.165) is 25.1 Å². The summed E-state index contributed by atoms with van der Waals surface area (Å²) < 4.78 is 5.80. The van der Waals surface area contributed by atoms with E-state index < -0.39 is 0 Å². The minimum absolute atomic E-state index is 0.157. The summed E-state index contributed by atoms with van der Waals surface area (Å²) in [6, 6.07) is 6.23. The third-order valence-corrected chi connectivity index (χ3v) is 3.41. The number of likely N-dealkylation sites (N-methyl/N-ethyl adjacent to an activating group) is 1. The molecular formula is C16H27NO2. The molecule has 0 saturated heterocycles. The number of aryl methyl sites for hydroxylation is 2. The quantitative estimate of drug-likeness (QED) is 0.710. The van der Waals surface area contributed by atoms with Gasteiger partial charge < -0.3 is 15.2 Å². The van der Waals surface area contributed by atoms with Crippen molar-refractivity contribution in [3.05, 3.63) is 29.3 Å². The van der Waals surface area contributed by atoms with E-state index in [4.69, 9.17) is 4.74 Å². The van der Waals surface area contributed by atoms with Gasteiger partial charge >= 0.3 is 0 Å². The lowest BCUT2D eigenvalue weighted by Crippen LogP contribution is -2.45. The van der Waals surface area contributed by atoms with Crippen LogP contribution in [0.1, 0.15) is 37.8 Å². The number of ether oxygens (including phenoxy) is 1. The van der Waals surface area contributed by atoms with Crippen molar-refractivity contribution in [2.45, 2.75) is 46.1 Å². The molecule has 1 rings (SSSR count). The molecule has 1 aromatic carbocycles. The maximum atomic E-state index is 9.40. The van der Waals surface area contributed by atoms with Gasteiger partial charge in [0.25, 0.3) is 0 Å². The summed E-state index contributed by atoms with van der Waals surface area (Å²) in [4.78, 5) is 0. The second-order valence-corrected chi connectivity index (χ2v) is 5.47. The Morgan fingerprint density at radius 3 is 2.63 bits per heavy atom. The smallest absolute Gasteiger partial charge is 0.122 e. The Bertz CT molecular complexity index is 392. The fraction of sp³-hybridized carbons (Fsp3) is 0.625. The normalized spacial score (nSPS) is 14.2. The number of rotatable bonds is 8. The van der Waals surface area contributed by atoms with Crippen molar-refractivity contribution in [2.75, 3.05) is 19.8 Å². The van der Waals surface area contributed by atoms with Crippen LogP contribution in [0.25, 0.3) is 0 Å². The maximum absolute atomic E-state index is 9.40. The third kappa shape index (κ3) is 5.21. The Labute approximate surface area is 117 Å². The maximum Gasteiger partial charge on any atom is 0.122 e. The lowest BCUT2D eigenvalue weighted by molar-refractivity contribution is 0.158. The van der Waals surface area contributed by atoms with Gasteiger partial charge in [-0.25, -0.2) is 0 Å². The lowest BCUT2D eigenvalue weighted by Gasteiger charge is -2.28. The van der Waals surface area contributed by atoms with Gasteiger partial charge in [-0.1, -0.05) is 24.6 Å². The summed E-state index contributed by atoms with van der Waals surface area (Å²) in [5, 5.41) is 12.7. The fourth-order valence-electron chi connectivity index (χ4n) is 2.26. The highest BCUT2D eigenvalue weighted by molar-refractivity contribution is 5.35. The molecule has 0 saturated carbocycles. The summed E-state index contributed by atoms with van der Waals surface area (Å²) in [5.41, 5.74) is 2.24. The molecule has 1 aromatic rings. The molecule has 2 N–H and O–H groups in total. The van der Waals surface area contributed by atoms with Crippen LogP contribution in [0.2, 0.25) is 0 Å². The summed E-state index contributed by atoms with van der Waals surface area (Å²) in [5.74, 6) is 0.958. The van der Waals surface area contributed by atoms with Gasteiger partial charge in [-0.05, 0) is 51.8 Å². The van der Waals surface area contributed by atoms with Crippen LogP contribution in [0, 0.1) is 13.8 Å². The number of benzene rings is 1. The standard InChI is InChI=1S/C16H27NO2/c1-5-17-16(4,12-18)9-6-10-19-15-8-7-13(2)11-14(15)3/h7-8,11,17-18H,5-6,9-10,12H2,1-4H3. The van der Waals surface area contributed by atoms with Crippen LogP contribution in [-0.4, -0.2) is 30.4 Å². The highest BCUT2D eigenvalue weighted by Gasteiger charge is 2.20. The summed E-state index contributed by atoms with van der Waals surface area (Å²) >= 11 is 0. The van der Waals surface area contributed by atoms with Gasteiger partial charge in [0, 0.05) is 5.54 Å². The van der Waals surface area contributed by atoms with Crippen molar-refractivity contribution in [3.63, 3.8) is 0 Å². The number of nitrogens with one attached hydrogen (secondary N) is 1. The van der Waals surface area contributed by atoms with Crippen molar-refractivity contribution in [3.8, 4) is 5.75 Å². The van der Waals surface area contributed by atoms with Crippen molar-refractivity contribution < 1.29 is 9.84 Å². The predicted molar refractivity (Wildman–Crippen MR) is 79.8 cm³/mol. The van der Waals surface area contributed by atoms with E-state index in [1.807, 2.05) is 13.0 Å². The molecule has 0 heterocycles. The van der Waals surface area contributed by atoms with Crippen LogP contribution in [-0.2, 0) is 0 Å². The van der Waals surface area contributed by atoms with Gasteiger partial charge in [-0.15, -0.1) is 0 Å². The zero-order chi connectivity index (χ0) is 14.3. The van der Waals surface area contributed by atoms with Crippen LogP contribution in [0.4, 0.5) is 0 Å². The SMILES string of the molecule is CCNC(C)(CO)CCCOc1ccc(C)cc1C. The van der Waals surface area contributed by atoms with Gasteiger partial charge in [-0.2, -0.15) is 0 Å². The Morgan fingerprint density at radius 1 is 1.32 bits per heavy atom. The van der Waals surface area contributed by atoms with Crippen LogP contribution in [0.15, 0.2) is 18.2 Å². The fourth-order valence-corrected chi connectivity index (χ4v) is 2.26. The Hall–Kier alpha value is -1.06. The predicted octanol–water partition coefficient (Wildman–Crippen LogP) is 2.82. The first-order valence-corrected chi connectivity index (χ1v) is 7.06. The molecule has 0 spiro atoms. The van der Waals surface area contributed by atoms with E-state index in [1.165, 1.54) is 11.1 Å². The topological polar surface area (TPSA) is 41.5 Å². The van der Waals surface area contributed by atoms with Crippen LogP contribution in [0.3, 0.4) is 0 Å². The Balaban J connectivity index is 2.38. The molecule has 0 aliphatic carbocycles. The molecule has 1 unspecified atom stereocenters. The number of hydrogen-bond donors (Lipinski definition) is 2. The molecule has 108 valence electrons. The summed E-state index contributed by atoms with van der Waals surface area (Å²) in [6.45, 7) is 9.97. The van der Waals surface area contributed by atoms with Crippen LogP contribution >= 0.6 is 0 Å². The molecule has 0 bridgehead atoms. The molecule has 0 aromatic heterocycles. The van der Waals surface area contributed by atoms with Crippen molar-refractivity contribution in [2.24, 2.45) is 0 Å². The average molecular weight is 265 g/mol. The second kappa shape index (κ2) is 7.51. The van der Waals surface area contributed by atoms with Gasteiger partial charge in [0.1, 0.15) is 5.75 Å². The summed E-state index contributed by atoms with van der Waals surface area (Å²) in [7, 11) is 0. The highest BCUT2D eigenvalue weighted by Crippen LogP contribution is 2.19. The molecule has 1 atom stereocenters. The molecule has 0 aliphatic heterocycles. The molecule has 0 amide bonds. The molecule has 0 aliphatic rings.